The van der Waals surface area contributed by atoms with Crippen molar-refractivity contribution in [1.29, 1.82) is 0 Å². The van der Waals surface area contributed by atoms with Crippen molar-refractivity contribution in [1.82, 2.24) is 4.72 Å². The van der Waals surface area contributed by atoms with E-state index in [0.29, 0.717) is 5.75 Å². The van der Waals surface area contributed by atoms with Crippen molar-refractivity contribution in [3.63, 3.8) is 0 Å². The van der Waals surface area contributed by atoms with E-state index in [1.807, 2.05) is 0 Å². The fourth-order valence-corrected chi connectivity index (χ4v) is 3.86. The first-order valence-corrected chi connectivity index (χ1v) is 11.9. The van der Waals surface area contributed by atoms with Crippen LogP contribution in [0.25, 0.3) is 0 Å². The molecule has 0 saturated carbocycles. The lowest BCUT2D eigenvalue weighted by Crippen LogP contribution is -2.66. The number of nitrogens with one attached hydrogen (secondary N) is 1. The average Bonchev–Trinajstić information content (AvgIpc) is 2.72. The second kappa shape index (κ2) is 11.6. The Bertz CT molecular complexity index is 868. The molecule has 2 rings (SSSR count). The summed E-state index contributed by atoms with van der Waals surface area (Å²) in [6, 6.07) is 5.76. The molecular weight excluding hydrogens is 458 g/mol. The van der Waals surface area contributed by atoms with Gasteiger partial charge in [0.2, 0.25) is 0 Å². The predicted molar refractivity (Wildman–Crippen MR) is 117 cm³/mol. The zero-order valence-electron chi connectivity index (χ0n) is 19.4. The minimum absolute atomic E-state index is 0.0281. The quantitative estimate of drug-likeness (QED) is 0.320. The van der Waals surface area contributed by atoms with Crippen molar-refractivity contribution in [3.8, 4) is 5.75 Å². The Kier molecular flexibility index (Phi) is 9.61. The summed E-state index contributed by atoms with van der Waals surface area (Å²) in [7, 11) is -3.16. The topological polar surface area (TPSA) is 150 Å². The van der Waals surface area contributed by atoms with Crippen LogP contribution in [-0.4, -0.2) is 75.0 Å². The zero-order chi connectivity index (χ0) is 24.8. The smallest absolute Gasteiger partial charge is 0.333 e. The van der Waals surface area contributed by atoms with Crippen LogP contribution in [0.5, 0.6) is 5.75 Å². The van der Waals surface area contributed by atoms with E-state index >= 15 is 0 Å². The normalized spacial score (nSPS) is 26.1. The highest BCUT2D eigenvalue weighted by Crippen LogP contribution is 2.27. The second-order valence-corrected chi connectivity index (χ2v) is 9.76. The molecule has 0 bridgehead atoms. The number of rotatable bonds is 10. The second-order valence-electron chi connectivity index (χ2n) is 8.58. The van der Waals surface area contributed by atoms with E-state index in [9.17, 15) is 22.9 Å². The fourth-order valence-electron chi connectivity index (χ4n) is 3.25. The van der Waals surface area contributed by atoms with Gasteiger partial charge in [-0.3, -0.25) is 9.35 Å². The number of ether oxygens (including phenoxy) is 5. The van der Waals surface area contributed by atoms with Crippen molar-refractivity contribution >= 4 is 16.3 Å². The number of methoxy groups -OCH3 is 1. The standard InChI is InChI=1S/C21H33NO10S/c1-6-29-18-16(22-33(25,26)27)17(30-11-13-7-9-14(28-5)10-8-13)15(32-19(18)23)12-31-20(24)21(2,3)4/h7-10,15-19,22-23H,6,11-12H2,1-5H3,(H,25,26,27)/t15-,16+,17-,18+,19+/m1/s1. The van der Waals surface area contributed by atoms with E-state index in [1.54, 1.807) is 59.1 Å². The molecule has 1 aromatic carbocycles. The average molecular weight is 492 g/mol. The van der Waals surface area contributed by atoms with Gasteiger partial charge in [0.15, 0.2) is 6.29 Å². The Hall–Kier alpha value is -1.80. The first-order valence-electron chi connectivity index (χ1n) is 10.5. The number of benzene rings is 1. The van der Waals surface area contributed by atoms with Gasteiger partial charge in [0.1, 0.15) is 30.7 Å². The molecule has 0 amide bonds. The van der Waals surface area contributed by atoms with Gasteiger partial charge < -0.3 is 28.8 Å². The van der Waals surface area contributed by atoms with E-state index in [-0.39, 0.29) is 19.8 Å². The van der Waals surface area contributed by atoms with Gasteiger partial charge in [0.25, 0.3) is 0 Å². The van der Waals surface area contributed by atoms with E-state index in [1.165, 1.54) is 0 Å². The van der Waals surface area contributed by atoms with E-state index < -0.39 is 52.3 Å². The molecule has 12 heteroatoms. The Morgan fingerprint density at radius 1 is 1.15 bits per heavy atom. The summed E-state index contributed by atoms with van der Waals surface area (Å²) >= 11 is 0. The molecule has 1 aliphatic heterocycles. The van der Waals surface area contributed by atoms with Crippen LogP contribution in [0.1, 0.15) is 33.3 Å². The van der Waals surface area contributed by atoms with Crippen molar-refractivity contribution in [2.45, 2.75) is 64.9 Å². The third kappa shape index (κ3) is 8.18. The molecule has 0 aromatic heterocycles. The molecule has 1 heterocycles. The van der Waals surface area contributed by atoms with E-state index in [4.69, 9.17) is 23.7 Å². The molecule has 1 fully saturated rings. The number of hydrogen-bond donors (Lipinski definition) is 3. The Morgan fingerprint density at radius 3 is 2.30 bits per heavy atom. The van der Waals surface area contributed by atoms with Crippen LogP contribution < -0.4 is 9.46 Å². The number of aliphatic hydroxyl groups excluding tert-OH is 1. The van der Waals surface area contributed by atoms with Crippen LogP contribution in [-0.2, 0) is 40.7 Å². The summed E-state index contributed by atoms with van der Waals surface area (Å²) in [5.74, 6) is 0.137. The molecule has 11 nitrogen and oxygen atoms in total. The van der Waals surface area contributed by atoms with Gasteiger partial charge in [0.05, 0.1) is 25.2 Å². The third-order valence-corrected chi connectivity index (χ3v) is 5.48. The van der Waals surface area contributed by atoms with Crippen LogP contribution in [0.2, 0.25) is 0 Å². The van der Waals surface area contributed by atoms with Gasteiger partial charge in [-0.2, -0.15) is 13.1 Å². The van der Waals surface area contributed by atoms with Crippen molar-refractivity contribution in [2.24, 2.45) is 5.41 Å². The van der Waals surface area contributed by atoms with Crippen LogP contribution in [0, 0.1) is 5.41 Å². The highest BCUT2D eigenvalue weighted by atomic mass is 32.2. The maximum Gasteiger partial charge on any atom is 0.333 e. The monoisotopic (exact) mass is 491 g/mol. The van der Waals surface area contributed by atoms with Crippen LogP contribution in [0.3, 0.4) is 0 Å². The van der Waals surface area contributed by atoms with Gasteiger partial charge >= 0.3 is 16.3 Å². The van der Waals surface area contributed by atoms with E-state index in [0.717, 1.165) is 5.56 Å². The highest BCUT2D eigenvalue weighted by molar-refractivity contribution is 7.83. The number of carbonyl (C=O) groups is 1. The Balaban J connectivity index is 2.30. The zero-order valence-corrected chi connectivity index (χ0v) is 20.2. The molecule has 5 atom stereocenters. The first-order chi connectivity index (χ1) is 15.4. The van der Waals surface area contributed by atoms with E-state index in [2.05, 4.69) is 4.72 Å². The van der Waals surface area contributed by atoms with Crippen molar-refractivity contribution in [2.75, 3.05) is 20.3 Å². The summed E-state index contributed by atoms with van der Waals surface area (Å²) in [6.45, 7) is 6.53. The number of hydrogen-bond acceptors (Lipinski definition) is 9. The minimum atomic E-state index is -4.70. The number of esters is 1. The minimum Gasteiger partial charge on any atom is -0.497 e. The summed E-state index contributed by atoms with van der Waals surface area (Å²) in [5, 5.41) is 10.4. The van der Waals surface area contributed by atoms with Crippen molar-refractivity contribution in [3.05, 3.63) is 29.8 Å². The predicted octanol–water partition coefficient (Wildman–Crippen LogP) is 1.05. The van der Waals surface area contributed by atoms with Gasteiger partial charge in [0, 0.05) is 6.61 Å². The van der Waals surface area contributed by atoms with Gasteiger partial charge in [-0.25, -0.2) is 0 Å². The van der Waals surface area contributed by atoms with Crippen LogP contribution >= 0.6 is 0 Å². The van der Waals surface area contributed by atoms with Crippen LogP contribution in [0.4, 0.5) is 0 Å². The molecule has 1 aliphatic rings. The lowest BCUT2D eigenvalue weighted by molar-refractivity contribution is -0.279. The lowest BCUT2D eigenvalue weighted by atomic mass is 9.95. The molecule has 0 aliphatic carbocycles. The SMILES string of the molecule is CCO[C@H]1[C@@H](NS(=O)(=O)O)[C@H](OCc2ccc(OC)cc2)[C@@H](COC(=O)C(C)(C)C)O[C@@H]1O. The molecule has 3 N–H and O–H groups in total. The molecule has 0 radical (unpaired) electrons. The maximum absolute atomic E-state index is 12.2. The molecule has 33 heavy (non-hydrogen) atoms. The summed E-state index contributed by atoms with van der Waals surface area (Å²) in [6.07, 6.45) is -4.89. The van der Waals surface area contributed by atoms with Crippen LogP contribution in [0.15, 0.2) is 24.3 Å². The van der Waals surface area contributed by atoms with Gasteiger partial charge in [-0.15, -0.1) is 0 Å². The first kappa shape index (κ1) is 27.4. The Labute approximate surface area is 194 Å². The van der Waals surface area contributed by atoms with Gasteiger partial charge in [-0.1, -0.05) is 12.1 Å². The largest absolute Gasteiger partial charge is 0.497 e. The van der Waals surface area contributed by atoms with Gasteiger partial charge in [-0.05, 0) is 45.4 Å². The molecule has 188 valence electrons. The lowest BCUT2D eigenvalue weighted by Gasteiger charge is -2.44. The number of aliphatic hydroxyl groups is 1. The van der Waals surface area contributed by atoms with Crippen molar-refractivity contribution < 1.29 is 46.6 Å². The fraction of sp³-hybridized carbons (Fsp3) is 0.667. The maximum atomic E-state index is 12.2. The molecule has 1 aromatic rings. The highest BCUT2D eigenvalue weighted by Gasteiger charge is 2.49. The number of carbonyl (C=O) groups excluding carboxylic acids is 1. The molecule has 0 spiro atoms. The summed E-state index contributed by atoms with van der Waals surface area (Å²) in [5.41, 5.74) is -0.0434. The molecule has 0 unspecified atom stereocenters. The third-order valence-electron chi connectivity index (χ3n) is 4.91. The molecule has 1 saturated heterocycles. The summed E-state index contributed by atoms with van der Waals surface area (Å²) < 4.78 is 62.3. The summed E-state index contributed by atoms with van der Waals surface area (Å²) in [4.78, 5) is 12.2. The Morgan fingerprint density at radius 2 is 1.79 bits per heavy atom. The molecular formula is C21H33NO10S.